The van der Waals surface area contributed by atoms with Crippen LogP contribution in [0.15, 0.2) is 6.33 Å². The summed E-state index contributed by atoms with van der Waals surface area (Å²) in [6, 6.07) is 0. The van der Waals surface area contributed by atoms with Gasteiger partial charge < -0.3 is 28.8 Å². The number of fused-ring (bicyclic) bond motifs is 1. The Hall–Kier alpha value is -3.02. The summed E-state index contributed by atoms with van der Waals surface area (Å²) in [6.07, 6.45) is -5.16. The zero-order chi connectivity index (χ0) is 30.6. The first-order valence-electron chi connectivity index (χ1n) is 12.2. The van der Waals surface area contributed by atoms with E-state index in [1.54, 1.807) is 13.8 Å². The molecule has 16 nitrogen and oxygen atoms in total. The molecule has 0 amide bonds. The van der Waals surface area contributed by atoms with Gasteiger partial charge in [-0.05, 0) is 34.6 Å². The van der Waals surface area contributed by atoms with Gasteiger partial charge in [-0.1, -0.05) is 0 Å². The third kappa shape index (κ3) is 7.64. The molecule has 230 valence electrons. The molecule has 5 atom stereocenters. The molecule has 0 spiro atoms. The van der Waals surface area contributed by atoms with Crippen LogP contribution < -0.4 is 4.74 Å². The van der Waals surface area contributed by atoms with Gasteiger partial charge in [0.05, 0.1) is 19.0 Å². The maximum atomic E-state index is 15.9. The second-order valence-electron chi connectivity index (χ2n) is 9.09. The van der Waals surface area contributed by atoms with Gasteiger partial charge in [-0.15, -0.1) is 0 Å². The molecule has 3 rings (SSSR count). The number of nitrogens with zero attached hydrogens (tertiary/aromatic N) is 4. The van der Waals surface area contributed by atoms with E-state index in [1.807, 2.05) is 0 Å². The number of aliphatic hydroxyl groups is 1. The summed E-state index contributed by atoms with van der Waals surface area (Å²) in [6.45, 7) is 5.07. The lowest BCUT2D eigenvalue weighted by Crippen LogP contribution is -2.46. The molecule has 41 heavy (non-hydrogen) atoms. The second kappa shape index (κ2) is 12.9. The van der Waals surface area contributed by atoms with E-state index < -0.39 is 70.1 Å². The van der Waals surface area contributed by atoms with Crippen molar-refractivity contribution in [1.82, 2.24) is 19.5 Å². The fourth-order valence-electron chi connectivity index (χ4n) is 3.59. The molecule has 0 saturated carbocycles. The van der Waals surface area contributed by atoms with E-state index in [9.17, 15) is 19.3 Å². The summed E-state index contributed by atoms with van der Waals surface area (Å²) in [5.41, 5.74) is -2.34. The first-order valence-corrected chi connectivity index (χ1v) is 13.7. The van der Waals surface area contributed by atoms with Crippen molar-refractivity contribution in [3.8, 4) is 5.88 Å². The number of phosphoric acid groups is 1. The van der Waals surface area contributed by atoms with E-state index in [-0.39, 0.29) is 29.5 Å². The van der Waals surface area contributed by atoms with E-state index in [0.717, 1.165) is 24.7 Å². The number of carbonyl (C=O) groups is 2. The number of carbonyl (C=O) groups excluding carboxylic acids is 2. The van der Waals surface area contributed by atoms with Crippen LogP contribution in [0, 0.1) is 6.92 Å². The summed E-state index contributed by atoms with van der Waals surface area (Å²) >= 11 is 0. The average molecular weight is 612 g/mol. The highest BCUT2D eigenvalue weighted by molar-refractivity contribution is 7.48. The molecule has 0 aromatic carbocycles. The second-order valence-corrected chi connectivity index (χ2v) is 10.8. The fraction of sp³-hybridized carbons (Fsp3) is 0.682. The summed E-state index contributed by atoms with van der Waals surface area (Å²) in [5.74, 6) is -3.91. The first-order chi connectivity index (χ1) is 19.1. The Morgan fingerprint density at radius 2 is 1.88 bits per heavy atom. The fourth-order valence-corrected chi connectivity index (χ4v) is 4.51. The molecule has 1 aliphatic rings. The predicted octanol–water partition coefficient (Wildman–Crippen LogP) is 3.01. The smallest absolute Gasteiger partial charge is 0.476 e. The molecule has 0 radical (unpaired) electrons. The van der Waals surface area contributed by atoms with Gasteiger partial charge in [0, 0.05) is 6.92 Å². The Morgan fingerprint density at radius 3 is 2.49 bits per heavy atom. The molecule has 1 unspecified atom stereocenters. The lowest BCUT2D eigenvalue weighted by atomic mass is 9.97. The summed E-state index contributed by atoms with van der Waals surface area (Å²) in [7, 11) is -4.90. The van der Waals surface area contributed by atoms with Crippen molar-refractivity contribution in [2.45, 2.75) is 71.5 Å². The lowest BCUT2D eigenvalue weighted by molar-refractivity contribution is -0.196. The minimum atomic E-state index is -4.90. The number of esters is 1. The van der Waals surface area contributed by atoms with Crippen molar-refractivity contribution in [1.29, 1.82) is 0 Å². The number of aromatic nitrogens is 4. The predicted molar refractivity (Wildman–Crippen MR) is 131 cm³/mol. The first kappa shape index (κ1) is 32.5. The van der Waals surface area contributed by atoms with Gasteiger partial charge in [-0.25, -0.2) is 37.2 Å². The zero-order valence-electron chi connectivity index (χ0n) is 23.1. The van der Waals surface area contributed by atoms with Gasteiger partial charge in [-0.3, -0.25) is 13.9 Å². The van der Waals surface area contributed by atoms with Crippen LogP contribution in [-0.4, -0.2) is 87.3 Å². The summed E-state index contributed by atoms with van der Waals surface area (Å²) in [4.78, 5) is 35.1. The number of alkyl halides is 2. The zero-order valence-corrected chi connectivity index (χ0v) is 24.0. The van der Waals surface area contributed by atoms with E-state index in [1.165, 1.54) is 13.8 Å². The van der Waals surface area contributed by atoms with Crippen LogP contribution in [0.1, 0.15) is 46.7 Å². The van der Waals surface area contributed by atoms with Gasteiger partial charge in [0.2, 0.25) is 19.5 Å². The number of phosphoric ester groups is 1. The third-order valence-electron chi connectivity index (χ3n) is 5.35. The molecule has 1 fully saturated rings. The van der Waals surface area contributed by atoms with Crippen LogP contribution in [0.3, 0.4) is 0 Å². The average Bonchev–Trinajstić information content (AvgIpc) is 3.35. The largest absolute Gasteiger partial charge is 0.510 e. The van der Waals surface area contributed by atoms with Crippen LogP contribution >= 0.6 is 7.82 Å². The number of halogens is 2. The van der Waals surface area contributed by atoms with E-state index in [0.29, 0.717) is 0 Å². The molecule has 0 bridgehead atoms. The highest BCUT2D eigenvalue weighted by Gasteiger charge is 2.65. The normalized spacial score (nSPS) is 25.7. The Balaban J connectivity index is 1.81. The molecule has 1 N–H and O–H groups in total. The summed E-state index contributed by atoms with van der Waals surface area (Å²) < 4.78 is 84.5. The lowest BCUT2D eigenvalue weighted by Gasteiger charge is -2.26. The minimum Gasteiger partial charge on any atom is -0.476 e. The molecule has 1 aliphatic heterocycles. The molecule has 19 heteroatoms. The number of imidazole rings is 1. The summed E-state index contributed by atoms with van der Waals surface area (Å²) in [5, 5.41) is 11.0. The Labute approximate surface area is 232 Å². The maximum Gasteiger partial charge on any atom is 0.510 e. The molecule has 1 saturated heterocycles. The Kier molecular flexibility index (Phi) is 10.2. The van der Waals surface area contributed by atoms with Gasteiger partial charge in [0.15, 0.2) is 23.6 Å². The maximum absolute atomic E-state index is 15.9. The van der Waals surface area contributed by atoms with Crippen molar-refractivity contribution in [2.24, 2.45) is 0 Å². The van der Waals surface area contributed by atoms with Crippen molar-refractivity contribution in [3.63, 3.8) is 0 Å². The monoisotopic (exact) mass is 612 g/mol. The Bertz CT molecular complexity index is 1290. The van der Waals surface area contributed by atoms with Crippen molar-refractivity contribution < 1.29 is 65.3 Å². The number of ether oxygens (including phenoxy) is 5. The molecular weight excluding hydrogens is 581 g/mol. The van der Waals surface area contributed by atoms with Crippen LogP contribution in [0.5, 0.6) is 5.88 Å². The molecular formula is C22H31F2N4O12P. The third-order valence-corrected chi connectivity index (χ3v) is 6.63. The van der Waals surface area contributed by atoms with Gasteiger partial charge in [0.1, 0.15) is 18.0 Å². The highest BCUT2D eigenvalue weighted by Crippen LogP contribution is 2.54. The van der Waals surface area contributed by atoms with Crippen molar-refractivity contribution in [3.05, 3.63) is 12.2 Å². The van der Waals surface area contributed by atoms with Gasteiger partial charge >= 0.3 is 19.9 Å². The van der Waals surface area contributed by atoms with Crippen LogP contribution in [0.25, 0.3) is 11.2 Å². The number of rotatable bonds is 13. The molecule has 2 aromatic heterocycles. The van der Waals surface area contributed by atoms with E-state index in [2.05, 4.69) is 24.4 Å². The quantitative estimate of drug-likeness (QED) is 0.197. The van der Waals surface area contributed by atoms with Crippen LogP contribution in [0.4, 0.5) is 13.6 Å². The Morgan fingerprint density at radius 1 is 1.22 bits per heavy atom. The van der Waals surface area contributed by atoms with Crippen molar-refractivity contribution in [2.75, 3.05) is 26.8 Å². The van der Waals surface area contributed by atoms with Gasteiger partial charge in [0.25, 0.3) is 5.85 Å². The molecule has 0 aliphatic carbocycles. The number of hydrogen-bond donors (Lipinski definition) is 1. The minimum absolute atomic E-state index is 0.0488. The molecule has 3 heterocycles. The molecule has 2 aromatic rings. The standard InChI is InChI=1S/C22H31F2N4O12P/c1-7-33-17-15-16(26-13(4)27-17)28(9-25-15)19-21(6,31)18(23)22(24,40-19)8-36-41(32,37-10-34-14(5)29)38-11-35-20(30)39-12(2)3/h9,12,18-19,31H,7-8,10-11H2,1-6H3/t18-,19+,21+,22+,41?/m0/s1. The van der Waals surface area contributed by atoms with E-state index in [4.69, 9.17) is 27.8 Å². The SMILES string of the molecule is CCOc1nc(C)nc2c1ncn2[C@@H]1O[C@](F)(COP(=O)(OCOC(C)=O)OCOC(=O)OC(C)C)[C@@H](F)[C@@]1(C)O. The highest BCUT2D eigenvalue weighted by atomic mass is 31.2. The topological polar surface area (TPSA) is 189 Å². The van der Waals surface area contributed by atoms with Gasteiger partial charge in [-0.2, -0.15) is 4.98 Å². The van der Waals surface area contributed by atoms with Crippen LogP contribution in [0.2, 0.25) is 0 Å². The number of aryl methyl sites for hydroxylation is 1. The number of hydrogen-bond acceptors (Lipinski definition) is 15. The van der Waals surface area contributed by atoms with Crippen LogP contribution in [-0.2, 0) is 41.9 Å². The van der Waals surface area contributed by atoms with E-state index >= 15 is 8.78 Å². The van der Waals surface area contributed by atoms with Crippen molar-refractivity contribution >= 4 is 31.1 Å².